The van der Waals surface area contributed by atoms with E-state index >= 15 is 0 Å². The first-order chi connectivity index (χ1) is 11.5. The van der Waals surface area contributed by atoms with E-state index in [1.54, 1.807) is 0 Å². The summed E-state index contributed by atoms with van der Waals surface area (Å²) in [6, 6.07) is 3.80. The molecular weight excluding hydrogens is 360 g/mol. The highest BCUT2D eigenvalue weighted by Crippen LogP contribution is 2.34. The Morgan fingerprint density at radius 3 is 1.32 bits per heavy atom. The summed E-state index contributed by atoms with van der Waals surface area (Å²) in [5, 5.41) is 0. The van der Waals surface area contributed by atoms with Crippen molar-refractivity contribution in [3.05, 3.63) is 70.3 Å². The topological polar surface area (TPSA) is 9.23 Å². The SMILES string of the molecule is Fc1ccc(COCc2ccc(F)cc2C(F)(F)F)c(C(F)(F)F)c1. The average Bonchev–Trinajstić information content (AvgIpc) is 2.48. The molecule has 0 spiro atoms. The van der Waals surface area contributed by atoms with E-state index < -0.39 is 59.5 Å². The molecule has 0 amide bonds. The Labute approximate surface area is 136 Å². The van der Waals surface area contributed by atoms with Gasteiger partial charge in [-0.15, -0.1) is 0 Å². The molecule has 0 heterocycles. The lowest BCUT2D eigenvalue weighted by molar-refractivity contribution is -0.139. The van der Waals surface area contributed by atoms with Crippen molar-refractivity contribution in [2.75, 3.05) is 0 Å². The van der Waals surface area contributed by atoms with E-state index in [0.717, 1.165) is 24.3 Å². The van der Waals surface area contributed by atoms with Crippen LogP contribution in [0.4, 0.5) is 35.1 Å². The molecule has 0 saturated carbocycles. The van der Waals surface area contributed by atoms with Gasteiger partial charge in [-0.1, -0.05) is 12.1 Å². The van der Waals surface area contributed by atoms with Crippen LogP contribution in [0.15, 0.2) is 36.4 Å². The van der Waals surface area contributed by atoms with Gasteiger partial charge in [0.25, 0.3) is 0 Å². The van der Waals surface area contributed by atoms with E-state index in [9.17, 15) is 35.1 Å². The second kappa shape index (κ2) is 6.99. The molecule has 0 radical (unpaired) electrons. The summed E-state index contributed by atoms with van der Waals surface area (Å²) in [7, 11) is 0. The molecule has 136 valence electrons. The first-order valence-corrected chi connectivity index (χ1v) is 6.77. The van der Waals surface area contributed by atoms with Crippen LogP contribution in [0.25, 0.3) is 0 Å². The molecule has 0 aliphatic rings. The maximum Gasteiger partial charge on any atom is 0.416 e. The van der Waals surface area contributed by atoms with Gasteiger partial charge in [-0.2, -0.15) is 26.3 Å². The average molecular weight is 370 g/mol. The summed E-state index contributed by atoms with van der Waals surface area (Å²) in [5.74, 6) is -2.21. The summed E-state index contributed by atoms with van der Waals surface area (Å²) in [6.07, 6.45) is -9.68. The third-order valence-electron chi connectivity index (χ3n) is 3.27. The second-order valence-electron chi connectivity index (χ2n) is 5.09. The number of rotatable bonds is 4. The normalized spacial score (nSPS) is 12.5. The van der Waals surface area contributed by atoms with Crippen LogP contribution in [0.5, 0.6) is 0 Å². The lowest BCUT2D eigenvalue weighted by Gasteiger charge is -2.15. The Hall–Kier alpha value is -2.16. The van der Waals surface area contributed by atoms with Crippen molar-refractivity contribution < 1.29 is 39.9 Å². The highest BCUT2D eigenvalue weighted by atomic mass is 19.4. The summed E-state index contributed by atoms with van der Waals surface area (Å²) in [4.78, 5) is 0. The van der Waals surface area contributed by atoms with Crippen molar-refractivity contribution in [3.63, 3.8) is 0 Å². The molecule has 2 rings (SSSR count). The molecule has 0 atom stereocenters. The number of benzene rings is 2. The molecule has 9 heteroatoms. The van der Waals surface area contributed by atoms with E-state index in [1.165, 1.54) is 0 Å². The van der Waals surface area contributed by atoms with E-state index in [1.807, 2.05) is 0 Å². The number of halogens is 8. The van der Waals surface area contributed by atoms with Gasteiger partial charge >= 0.3 is 12.4 Å². The Kier molecular flexibility index (Phi) is 5.36. The smallest absolute Gasteiger partial charge is 0.372 e. The van der Waals surface area contributed by atoms with Crippen molar-refractivity contribution in [2.24, 2.45) is 0 Å². The van der Waals surface area contributed by atoms with Gasteiger partial charge in [0, 0.05) is 0 Å². The van der Waals surface area contributed by atoms with Crippen molar-refractivity contribution in [1.82, 2.24) is 0 Å². The Bertz CT molecular complexity index is 685. The molecule has 0 unspecified atom stereocenters. The van der Waals surface area contributed by atoms with E-state index in [2.05, 4.69) is 0 Å². The zero-order valence-electron chi connectivity index (χ0n) is 12.3. The predicted octanol–water partition coefficient (Wildman–Crippen LogP) is 5.72. The van der Waals surface area contributed by atoms with Gasteiger partial charge in [-0.05, 0) is 35.4 Å². The largest absolute Gasteiger partial charge is 0.416 e. The van der Waals surface area contributed by atoms with E-state index in [0.29, 0.717) is 0 Å². The fourth-order valence-corrected chi connectivity index (χ4v) is 2.15. The minimum atomic E-state index is -4.84. The first-order valence-electron chi connectivity index (χ1n) is 6.77. The summed E-state index contributed by atoms with van der Waals surface area (Å²) in [5.41, 5.74) is -3.40. The molecular formula is C16H10F8O. The molecule has 0 aliphatic heterocycles. The summed E-state index contributed by atoms with van der Waals surface area (Å²) >= 11 is 0. The minimum absolute atomic E-state index is 0.276. The molecule has 0 N–H and O–H groups in total. The minimum Gasteiger partial charge on any atom is -0.372 e. The van der Waals surface area contributed by atoms with Crippen LogP contribution in [0, 0.1) is 11.6 Å². The molecule has 0 bridgehead atoms. The van der Waals surface area contributed by atoms with Crippen LogP contribution in [-0.4, -0.2) is 0 Å². The van der Waals surface area contributed by atoms with Crippen LogP contribution in [0.1, 0.15) is 22.3 Å². The van der Waals surface area contributed by atoms with Crippen LogP contribution in [-0.2, 0) is 30.3 Å². The van der Waals surface area contributed by atoms with E-state index in [4.69, 9.17) is 4.74 Å². The molecule has 0 fully saturated rings. The van der Waals surface area contributed by atoms with Gasteiger partial charge in [0.2, 0.25) is 0 Å². The number of ether oxygens (including phenoxy) is 1. The van der Waals surface area contributed by atoms with Gasteiger partial charge in [0.15, 0.2) is 0 Å². The molecule has 0 saturated heterocycles. The third-order valence-corrected chi connectivity index (χ3v) is 3.27. The van der Waals surface area contributed by atoms with Crippen LogP contribution in [0.2, 0.25) is 0 Å². The van der Waals surface area contributed by atoms with Crippen molar-refractivity contribution in [2.45, 2.75) is 25.6 Å². The summed E-state index contributed by atoms with van der Waals surface area (Å²) < 4.78 is 108. The summed E-state index contributed by atoms with van der Waals surface area (Å²) in [6.45, 7) is -1.38. The highest BCUT2D eigenvalue weighted by molar-refractivity contribution is 5.31. The fourth-order valence-electron chi connectivity index (χ4n) is 2.15. The number of hydrogen-bond donors (Lipinski definition) is 0. The maximum atomic E-state index is 13.0. The predicted molar refractivity (Wildman–Crippen MR) is 71.3 cm³/mol. The van der Waals surface area contributed by atoms with Crippen LogP contribution in [0.3, 0.4) is 0 Å². The quantitative estimate of drug-likeness (QED) is 0.626. The van der Waals surface area contributed by atoms with Crippen molar-refractivity contribution in [1.29, 1.82) is 0 Å². The lowest BCUT2D eigenvalue weighted by atomic mass is 10.1. The molecule has 2 aromatic rings. The maximum absolute atomic E-state index is 13.0. The van der Waals surface area contributed by atoms with Gasteiger partial charge in [-0.3, -0.25) is 0 Å². The molecule has 1 nitrogen and oxygen atoms in total. The number of alkyl halides is 6. The fraction of sp³-hybridized carbons (Fsp3) is 0.250. The first kappa shape index (κ1) is 19.2. The van der Waals surface area contributed by atoms with Crippen molar-refractivity contribution >= 4 is 0 Å². The standard InChI is InChI=1S/C16H10F8O/c17-11-3-1-9(13(5-11)15(19,20)21)7-25-8-10-2-4-12(18)6-14(10)16(22,23)24/h1-6H,7-8H2. The number of hydrogen-bond acceptors (Lipinski definition) is 1. The van der Waals surface area contributed by atoms with Crippen LogP contribution < -0.4 is 0 Å². The monoisotopic (exact) mass is 370 g/mol. The van der Waals surface area contributed by atoms with Crippen LogP contribution >= 0.6 is 0 Å². The second-order valence-corrected chi connectivity index (χ2v) is 5.09. The van der Waals surface area contributed by atoms with Gasteiger partial charge < -0.3 is 4.74 Å². The van der Waals surface area contributed by atoms with E-state index in [-0.39, 0.29) is 12.1 Å². The Balaban J connectivity index is 2.18. The molecule has 0 aliphatic carbocycles. The molecule has 0 aromatic heterocycles. The van der Waals surface area contributed by atoms with Gasteiger partial charge in [0.05, 0.1) is 24.3 Å². The van der Waals surface area contributed by atoms with Gasteiger partial charge in [-0.25, -0.2) is 8.78 Å². The Morgan fingerprint density at radius 2 is 1.00 bits per heavy atom. The highest BCUT2D eigenvalue weighted by Gasteiger charge is 2.35. The van der Waals surface area contributed by atoms with Gasteiger partial charge in [0.1, 0.15) is 11.6 Å². The molecule has 25 heavy (non-hydrogen) atoms. The molecule has 2 aromatic carbocycles. The zero-order valence-corrected chi connectivity index (χ0v) is 12.3. The third kappa shape index (κ3) is 4.91. The lowest BCUT2D eigenvalue weighted by Crippen LogP contribution is -2.12. The Morgan fingerprint density at radius 1 is 0.640 bits per heavy atom. The zero-order chi connectivity index (χ0) is 18.8. The van der Waals surface area contributed by atoms with Crippen molar-refractivity contribution in [3.8, 4) is 0 Å².